The number of hydrogen-bond acceptors (Lipinski definition) is 1. The van der Waals surface area contributed by atoms with Crippen molar-refractivity contribution in [2.24, 2.45) is 0 Å². The van der Waals surface area contributed by atoms with Gasteiger partial charge in [-0.1, -0.05) is 24.3 Å². The molecule has 0 aliphatic heterocycles. The van der Waals surface area contributed by atoms with Gasteiger partial charge in [0, 0.05) is 11.8 Å². The van der Waals surface area contributed by atoms with Gasteiger partial charge in [0.2, 0.25) is 5.91 Å². The lowest BCUT2D eigenvalue weighted by Gasteiger charge is -2.04. The number of nitrogens with one attached hydrogen (secondary N) is 1. The third-order valence-corrected chi connectivity index (χ3v) is 2.04. The first-order valence-electron chi connectivity index (χ1n) is 5.30. The average molecular weight is 215 g/mol. The van der Waals surface area contributed by atoms with E-state index in [1.165, 1.54) is 6.08 Å². The maximum Gasteiger partial charge on any atom is 0.248 e. The van der Waals surface area contributed by atoms with Gasteiger partial charge in [-0.3, -0.25) is 4.79 Å². The standard InChI is InChI=1S/C14H17NO/c1-4-5-6-7-14(16)15-13-9-11(2)8-12(3)10-13/h4-10H,1-3H3,(H,15,16)/b5-4+,7-6+. The van der Waals surface area contributed by atoms with Crippen LogP contribution in [0.1, 0.15) is 18.1 Å². The Kier molecular flexibility index (Phi) is 4.52. The maximum absolute atomic E-state index is 11.5. The van der Waals surface area contributed by atoms with Crippen molar-refractivity contribution in [2.45, 2.75) is 20.8 Å². The number of hydrogen-bond donors (Lipinski definition) is 1. The number of anilines is 1. The highest BCUT2D eigenvalue weighted by molar-refractivity contribution is 5.99. The van der Waals surface area contributed by atoms with E-state index in [0.717, 1.165) is 16.8 Å². The van der Waals surface area contributed by atoms with Gasteiger partial charge in [-0.15, -0.1) is 0 Å². The fourth-order valence-electron chi connectivity index (χ4n) is 1.48. The van der Waals surface area contributed by atoms with Crippen LogP contribution in [0.15, 0.2) is 42.5 Å². The Morgan fingerprint density at radius 3 is 2.31 bits per heavy atom. The molecule has 0 atom stereocenters. The molecule has 0 aromatic heterocycles. The molecule has 1 aromatic rings. The zero-order valence-corrected chi connectivity index (χ0v) is 9.95. The molecule has 0 heterocycles. The van der Waals surface area contributed by atoms with Gasteiger partial charge < -0.3 is 5.32 Å². The van der Waals surface area contributed by atoms with Crippen molar-refractivity contribution in [1.29, 1.82) is 0 Å². The lowest BCUT2D eigenvalue weighted by atomic mass is 10.1. The van der Waals surface area contributed by atoms with Gasteiger partial charge in [0.1, 0.15) is 0 Å². The van der Waals surface area contributed by atoms with Crippen molar-refractivity contribution < 1.29 is 4.79 Å². The normalized spacial score (nSPS) is 11.2. The summed E-state index contributed by atoms with van der Waals surface area (Å²) in [6.07, 6.45) is 6.93. The van der Waals surface area contributed by atoms with Gasteiger partial charge in [0.05, 0.1) is 0 Å². The van der Waals surface area contributed by atoms with Crippen LogP contribution >= 0.6 is 0 Å². The van der Waals surface area contributed by atoms with Crippen LogP contribution in [-0.4, -0.2) is 5.91 Å². The van der Waals surface area contributed by atoms with Gasteiger partial charge in [-0.25, -0.2) is 0 Å². The minimum absolute atomic E-state index is 0.108. The molecule has 2 nitrogen and oxygen atoms in total. The van der Waals surface area contributed by atoms with Crippen LogP contribution in [0.2, 0.25) is 0 Å². The molecule has 16 heavy (non-hydrogen) atoms. The van der Waals surface area contributed by atoms with E-state index in [4.69, 9.17) is 0 Å². The van der Waals surface area contributed by atoms with E-state index in [9.17, 15) is 4.79 Å². The smallest absolute Gasteiger partial charge is 0.248 e. The highest BCUT2D eigenvalue weighted by Gasteiger charge is 1.98. The molecule has 1 rings (SSSR count). The SMILES string of the molecule is C/C=C/C=C/C(=O)Nc1cc(C)cc(C)c1. The molecule has 0 fully saturated rings. The van der Waals surface area contributed by atoms with Crippen molar-refractivity contribution >= 4 is 11.6 Å². The number of rotatable bonds is 3. The number of benzene rings is 1. The predicted octanol–water partition coefficient (Wildman–Crippen LogP) is 3.37. The lowest BCUT2D eigenvalue weighted by Crippen LogP contribution is -2.07. The Bertz CT molecular complexity index is 410. The third kappa shape index (κ3) is 4.13. The van der Waals surface area contributed by atoms with E-state index < -0.39 is 0 Å². The summed E-state index contributed by atoms with van der Waals surface area (Å²) in [5.41, 5.74) is 3.13. The van der Waals surface area contributed by atoms with Crippen LogP contribution in [-0.2, 0) is 4.79 Å². The van der Waals surface area contributed by atoms with Gasteiger partial charge in [-0.2, -0.15) is 0 Å². The summed E-state index contributed by atoms with van der Waals surface area (Å²) in [6.45, 7) is 5.93. The molecule has 0 saturated carbocycles. The van der Waals surface area contributed by atoms with Crippen LogP contribution < -0.4 is 5.32 Å². The second-order valence-corrected chi connectivity index (χ2v) is 3.75. The van der Waals surface area contributed by atoms with Crippen LogP contribution in [0.4, 0.5) is 5.69 Å². The minimum Gasteiger partial charge on any atom is -0.322 e. The van der Waals surface area contributed by atoms with Crippen LogP contribution in [0, 0.1) is 13.8 Å². The molecule has 1 amide bonds. The van der Waals surface area contributed by atoms with E-state index in [1.54, 1.807) is 6.08 Å². The summed E-state index contributed by atoms with van der Waals surface area (Å²) in [5, 5.41) is 2.82. The summed E-state index contributed by atoms with van der Waals surface area (Å²) in [7, 11) is 0. The fourth-order valence-corrected chi connectivity index (χ4v) is 1.48. The van der Waals surface area contributed by atoms with Gasteiger partial charge >= 0.3 is 0 Å². The van der Waals surface area contributed by atoms with Gasteiger partial charge in [0.15, 0.2) is 0 Å². The topological polar surface area (TPSA) is 29.1 Å². The zero-order valence-electron chi connectivity index (χ0n) is 9.95. The number of amides is 1. The second-order valence-electron chi connectivity index (χ2n) is 3.75. The Morgan fingerprint density at radius 1 is 1.12 bits per heavy atom. The van der Waals surface area contributed by atoms with Crippen LogP contribution in [0.25, 0.3) is 0 Å². The summed E-state index contributed by atoms with van der Waals surface area (Å²) >= 11 is 0. The van der Waals surface area contributed by atoms with Gasteiger partial charge in [0.25, 0.3) is 0 Å². The molecule has 0 unspecified atom stereocenters. The van der Waals surface area contributed by atoms with Crippen molar-refractivity contribution in [3.8, 4) is 0 Å². The van der Waals surface area contributed by atoms with E-state index in [-0.39, 0.29) is 5.91 Å². The molecule has 1 aromatic carbocycles. The van der Waals surface area contributed by atoms with Crippen molar-refractivity contribution in [2.75, 3.05) is 5.32 Å². The number of carbonyl (C=O) groups excluding carboxylic acids is 1. The second kappa shape index (κ2) is 5.91. The number of carbonyl (C=O) groups is 1. The van der Waals surface area contributed by atoms with E-state index in [1.807, 2.05) is 45.1 Å². The summed E-state index contributed by atoms with van der Waals surface area (Å²) in [6, 6.07) is 5.98. The molecule has 0 aliphatic carbocycles. The Labute approximate surface area is 96.7 Å². The van der Waals surface area contributed by atoms with Crippen molar-refractivity contribution in [1.82, 2.24) is 0 Å². The largest absolute Gasteiger partial charge is 0.322 e. The Hall–Kier alpha value is -1.83. The highest BCUT2D eigenvalue weighted by Crippen LogP contribution is 2.13. The number of allylic oxidation sites excluding steroid dienone is 3. The molecular formula is C14H17NO. The lowest BCUT2D eigenvalue weighted by molar-refractivity contribution is -0.111. The summed E-state index contributed by atoms with van der Waals surface area (Å²) < 4.78 is 0. The molecular weight excluding hydrogens is 198 g/mol. The predicted molar refractivity (Wildman–Crippen MR) is 68.5 cm³/mol. The van der Waals surface area contributed by atoms with Crippen LogP contribution in [0.5, 0.6) is 0 Å². The first-order valence-corrected chi connectivity index (χ1v) is 5.30. The van der Waals surface area contributed by atoms with E-state index in [2.05, 4.69) is 11.4 Å². The summed E-state index contributed by atoms with van der Waals surface area (Å²) in [4.78, 5) is 11.5. The monoisotopic (exact) mass is 215 g/mol. The molecule has 0 radical (unpaired) electrons. The van der Waals surface area contributed by atoms with E-state index >= 15 is 0 Å². The molecule has 2 heteroatoms. The van der Waals surface area contributed by atoms with Crippen LogP contribution in [0.3, 0.4) is 0 Å². The number of aryl methyl sites for hydroxylation is 2. The first kappa shape index (κ1) is 12.2. The molecule has 0 aliphatic rings. The maximum atomic E-state index is 11.5. The van der Waals surface area contributed by atoms with Gasteiger partial charge in [-0.05, 0) is 44.0 Å². The van der Waals surface area contributed by atoms with Crippen molar-refractivity contribution in [3.05, 3.63) is 53.6 Å². The Balaban J connectivity index is 2.69. The molecule has 0 saturated heterocycles. The zero-order chi connectivity index (χ0) is 12.0. The first-order chi connectivity index (χ1) is 7.61. The Morgan fingerprint density at radius 2 is 1.75 bits per heavy atom. The average Bonchev–Trinajstić information content (AvgIpc) is 2.16. The molecule has 0 spiro atoms. The minimum atomic E-state index is -0.108. The fraction of sp³-hybridized carbons (Fsp3) is 0.214. The quantitative estimate of drug-likeness (QED) is 0.608. The molecule has 0 bridgehead atoms. The van der Waals surface area contributed by atoms with Crippen molar-refractivity contribution in [3.63, 3.8) is 0 Å². The third-order valence-electron chi connectivity index (χ3n) is 2.04. The summed E-state index contributed by atoms with van der Waals surface area (Å²) in [5.74, 6) is -0.108. The highest BCUT2D eigenvalue weighted by atomic mass is 16.1. The molecule has 1 N–H and O–H groups in total. The molecule has 84 valence electrons. The van der Waals surface area contributed by atoms with E-state index in [0.29, 0.717) is 0 Å².